The van der Waals surface area contributed by atoms with Crippen molar-refractivity contribution in [2.24, 2.45) is 0 Å². The Morgan fingerprint density at radius 3 is 2.93 bits per heavy atom. The largest absolute Gasteiger partial charge is 0.474 e. The predicted octanol–water partition coefficient (Wildman–Crippen LogP) is 2.09. The molecule has 1 N–H and O–H groups in total. The van der Waals surface area contributed by atoms with E-state index < -0.39 is 0 Å². The van der Waals surface area contributed by atoms with E-state index in [0.717, 1.165) is 18.7 Å². The lowest BCUT2D eigenvalue weighted by molar-refractivity contribution is 0.201. The Labute approximate surface area is 84.7 Å². The SMILES string of the molecule is CCCC(C)Oc1cncc(NC)n1. The summed E-state index contributed by atoms with van der Waals surface area (Å²) in [4.78, 5) is 8.24. The summed E-state index contributed by atoms with van der Waals surface area (Å²) in [6, 6.07) is 0. The second-order valence-electron chi connectivity index (χ2n) is 3.21. The molecular formula is C10H17N3O. The van der Waals surface area contributed by atoms with Gasteiger partial charge in [-0.15, -0.1) is 0 Å². The van der Waals surface area contributed by atoms with Crippen LogP contribution in [0.3, 0.4) is 0 Å². The highest BCUT2D eigenvalue weighted by molar-refractivity contribution is 5.31. The molecule has 0 amide bonds. The van der Waals surface area contributed by atoms with E-state index in [2.05, 4.69) is 22.2 Å². The maximum absolute atomic E-state index is 5.58. The second kappa shape index (κ2) is 5.42. The molecule has 1 heterocycles. The fourth-order valence-electron chi connectivity index (χ4n) is 1.20. The van der Waals surface area contributed by atoms with E-state index in [1.54, 1.807) is 12.4 Å². The van der Waals surface area contributed by atoms with Crippen LogP contribution >= 0.6 is 0 Å². The van der Waals surface area contributed by atoms with E-state index in [4.69, 9.17) is 4.74 Å². The minimum absolute atomic E-state index is 0.196. The van der Waals surface area contributed by atoms with Gasteiger partial charge in [0, 0.05) is 7.05 Å². The lowest BCUT2D eigenvalue weighted by Gasteiger charge is -2.12. The van der Waals surface area contributed by atoms with Crippen LogP contribution in [-0.2, 0) is 0 Å². The van der Waals surface area contributed by atoms with Crippen molar-refractivity contribution in [1.29, 1.82) is 0 Å². The highest BCUT2D eigenvalue weighted by Gasteiger charge is 2.04. The van der Waals surface area contributed by atoms with Gasteiger partial charge in [0.1, 0.15) is 5.82 Å². The summed E-state index contributed by atoms with van der Waals surface area (Å²) in [5.41, 5.74) is 0. The van der Waals surface area contributed by atoms with Crippen molar-refractivity contribution in [3.63, 3.8) is 0 Å². The second-order valence-corrected chi connectivity index (χ2v) is 3.21. The number of nitrogens with one attached hydrogen (secondary N) is 1. The Hall–Kier alpha value is -1.32. The highest BCUT2D eigenvalue weighted by atomic mass is 16.5. The molecule has 0 aromatic carbocycles. The van der Waals surface area contributed by atoms with Crippen LogP contribution in [-0.4, -0.2) is 23.1 Å². The van der Waals surface area contributed by atoms with Gasteiger partial charge >= 0.3 is 0 Å². The van der Waals surface area contributed by atoms with Gasteiger partial charge in [-0.2, -0.15) is 4.98 Å². The average molecular weight is 195 g/mol. The van der Waals surface area contributed by atoms with Crippen molar-refractivity contribution in [2.45, 2.75) is 32.8 Å². The smallest absolute Gasteiger partial charge is 0.234 e. The Balaban J connectivity index is 2.57. The zero-order valence-corrected chi connectivity index (χ0v) is 8.95. The first-order chi connectivity index (χ1) is 6.76. The van der Waals surface area contributed by atoms with E-state index in [1.807, 2.05) is 14.0 Å². The van der Waals surface area contributed by atoms with Crippen LogP contribution in [0.2, 0.25) is 0 Å². The molecule has 0 saturated heterocycles. The molecule has 78 valence electrons. The first-order valence-corrected chi connectivity index (χ1v) is 4.92. The standard InChI is InChI=1S/C10H17N3O/c1-4-5-8(2)14-10-7-12-6-9(11-3)13-10/h6-8H,4-5H2,1-3H3,(H,11,13). The molecule has 1 aromatic rings. The lowest BCUT2D eigenvalue weighted by Crippen LogP contribution is -2.12. The molecule has 0 spiro atoms. The van der Waals surface area contributed by atoms with Crippen molar-refractivity contribution >= 4 is 5.82 Å². The molecule has 1 aromatic heterocycles. The van der Waals surface area contributed by atoms with Crippen LogP contribution in [0.5, 0.6) is 5.88 Å². The molecule has 0 aliphatic rings. The van der Waals surface area contributed by atoms with E-state index in [1.165, 1.54) is 0 Å². The third-order valence-electron chi connectivity index (χ3n) is 1.89. The van der Waals surface area contributed by atoms with Gasteiger partial charge in [0.2, 0.25) is 5.88 Å². The molecule has 1 rings (SSSR count). The number of nitrogens with zero attached hydrogens (tertiary/aromatic N) is 2. The summed E-state index contributed by atoms with van der Waals surface area (Å²) >= 11 is 0. The maximum atomic E-state index is 5.58. The molecule has 0 aliphatic heterocycles. The van der Waals surface area contributed by atoms with Gasteiger partial charge in [0.25, 0.3) is 0 Å². The fraction of sp³-hybridized carbons (Fsp3) is 0.600. The van der Waals surface area contributed by atoms with E-state index >= 15 is 0 Å². The van der Waals surface area contributed by atoms with Crippen LogP contribution in [0, 0.1) is 0 Å². The molecule has 1 unspecified atom stereocenters. The molecule has 0 radical (unpaired) electrons. The van der Waals surface area contributed by atoms with Crippen molar-refractivity contribution in [2.75, 3.05) is 12.4 Å². The number of hydrogen-bond acceptors (Lipinski definition) is 4. The van der Waals surface area contributed by atoms with Gasteiger partial charge < -0.3 is 10.1 Å². The summed E-state index contributed by atoms with van der Waals surface area (Å²) in [7, 11) is 1.81. The van der Waals surface area contributed by atoms with Gasteiger partial charge in [-0.3, -0.25) is 4.98 Å². The Bertz CT molecular complexity index is 278. The van der Waals surface area contributed by atoms with Gasteiger partial charge in [-0.05, 0) is 13.3 Å². The molecule has 4 heteroatoms. The van der Waals surface area contributed by atoms with Crippen molar-refractivity contribution in [3.05, 3.63) is 12.4 Å². The van der Waals surface area contributed by atoms with Crippen molar-refractivity contribution in [1.82, 2.24) is 9.97 Å². The number of rotatable bonds is 5. The molecule has 0 aliphatic carbocycles. The molecule has 1 atom stereocenters. The topological polar surface area (TPSA) is 47.0 Å². The monoisotopic (exact) mass is 195 g/mol. The van der Waals surface area contributed by atoms with E-state index in [0.29, 0.717) is 5.88 Å². The van der Waals surface area contributed by atoms with Crippen LogP contribution in [0.15, 0.2) is 12.4 Å². The molecule has 0 saturated carbocycles. The third kappa shape index (κ3) is 3.20. The maximum Gasteiger partial charge on any atom is 0.234 e. The molecule has 4 nitrogen and oxygen atoms in total. The van der Waals surface area contributed by atoms with E-state index in [9.17, 15) is 0 Å². The summed E-state index contributed by atoms with van der Waals surface area (Å²) in [5, 5.41) is 2.92. The van der Waals surface area contributed by atoms with Crippen molar-refractivity contribution < 1.29 is 4.74 Å². The van der Waals surface area contributed by atoms with Crippen LogP contribution < -0.4 is 10.1 Å². The van der Waals surface area contributed by atoms with Gasteiger partial charge in [-0.1, -0.05) is 13.3 Å². The molecule has 14 heavy (non-hydrogen) atoms. The normalized spacial score (nSPS) is 12.2. The minimum Gasteiger partial charge on any atom is -0.474 e. The average Bonchev–Trinajstić information content (AvgIpc) is 2.18. The fourth-order valence-corrected chi connectivity index (χ4v) is 1.20. The highest BCUT2D eigenvalue weighted by Crippen LogP contribution is 2.11. The van der Waals surface area contributed by atoms with Crippen LogP contribution in [0.4, 0.5) is 5.82 Å². The quantitative estimate of drug-likeness (QED) is 0.781. The molecule has 0 bridgehead atoms. The summed E-state index contributed by atoms with van der Waals surface area (Å²) in [5.74, 6) is 1.31. The lowest BCUT2D eigenvalue weighted by atomic mass is 10.2. The zero-order valence-electron chi connectivity index (χ0n) is 8.95. The van der Waals surface area contributed by atoms with Gasteiger partial charge in [-0.25, -0.2) is 0 Å². The first-order valence-electron chi connectivity index (χ1n) is 4.92. The number of ether oxygens (including phenoxy) is 1. The first kappa shape index (κ1) is 10.8. The third-order valence-corrected chi connectivity index (χ3v) is 1.89. The summed E-state index contributed by atoms with van der Waals surface area (Å²) in [6.45, 7) is 4.17. The van der Waals surface area contributed by atoms with E-state index in [-0.39, 0.29) is 6.10 Å². The Morgan fingerprint density at radius 1 is 1.50 bits per heavy atom. The van der Waals surface area contributed by atoms with Gasteiger partial charge in [0.15, 0.2) is 0 Å². The minimum atomic E-state index is 0.196. The summed E-state index contributed by atoms with van der Waals surface area (Å²) in [6.07, 6.45) is 5.64. The van der Waals surface area contributed by atoms with Crippen molar-refractivity contribution in [3.8, 4) is 5.88 Å². The number of anilines is 1. The van der Waals surface area contributed by atoms with Crippen LogP contribution in [0.1, 0.15) is 26.7 Å². The summed E-state index contributed by atoms with van der Waals surface area (Å²) < 4.78 is 5.58. The number of hydrogen-bond donors (Lipinski definition) is 1. The molecular weight excluding hydrogens is 178 g/mol. The van der Waals surface area contributed by atoms with Gasteiger partial charge in [0.05, 0.1) is 18.5 Å². The Kier molecular flexibility index (Phi) is 4.16. The number of aromatic nitrogens is 2. The zero-order chi connectivity index (χ0) is 10.4. The molecule has 0 fully saturated rings. The van der Waals surface area contributed by atoms with Crippen LogP contribution in [0.25, 0.3) is 0 Å². The predicted molar refractivity (Wildman–Crippen MR) is 56.6 cm³/mol. The Morgan fingerprint density at radius 2 is 2.29 bits per heavy atom.